The molecule has 0 amide bonds. The molecule has 60 valence electrons. The van der Waals surface area contributed by atoms with Crippen molar-refractivity contribution in [3.63, 3.8) is 0 Å². The normalized spacial score (nSPS) is 17.5. The van der Waals surface area contributed by atoms with Crippen molar-refractivity contribution >= 4 is 6.21 Å². The molecule has 0 aliphatic carbocycles. The molecule has 0 rings (SSSR count). The van der Waals surface area contributed by atoms with Gasteiger partial charge >= 0.3 is 0 Å². The van der Waals surface area contributed by atoms with E-state index in [0.717, 1.165) is 6.21 Å². The van der Waals surface area contributed by atoms with Gasteiger partial charge in [-0.1, -0.05) is 5.16 Å². The molecule has 4 N–H and O–H groups in total. The maximum atomic E-state index is 8.84. The minimum atomic E-state index is -1.21. The highest BCUT2D eigenvalue weighted by atomic mass is 16.4. The Labute approximate surface area is 58.2 Å². The number of oxime groups is 1. The van der Waals surface area contributed by atoms with Crippen LogP contribution in [0, 0.1) is 0 Å². The number of hydrogen-bond donors (Lipinski definition) is 4. The van der Waals surface area contributed by atoms with E-state index >= 15 is 0 Å². The average Bonchev–Trinajstić information content (AvgIpc) is 1.89. The second-order valence-corrected chi connectivity index (χ2v) is 1.83. The van der Waals surface area contributed by atoms with E-state index in [4.69, 9.17) is 20.5 Å². The van der Waals surface area contributed by atoms with Gasteiger partial charge in [0.2, 0.25) is 0 Å². The Bertz CT molecular complexity index is 106. The molecule has 0 spiro atoms. The van der Waals surface area contributed by atoms with Crippen molar-refractivity contribution in [1.82, 2.24) is 0 Å². The van der Waals surface area contributed by atoms with Crippen LogP contribution in [0.15, 0.2) is 5.16 Å². The highest BCUT2D eigenvalue weighted by Crippen LogP contribution is 1.94. The Balaban J connectivity index is 3.58. The summed E-state index contributed by atoms with van der Waals surface area (Å²) in [5.74, 6) is 0. The molecule has 0 bridgehead atoms. The van der Waals surface area contributed by atoms with Crippen LogP contribution < -0.4 is 0 Å². The van der Waals surface area contributed by atoms with Gasteiger partial charge < -0.3 is 20.5 Å². The lowest BCUT2D eigenvalue weighted by molar-refractivity contribution is 0.0428. The predicted octanol–water partition coefficient (Wildman–Crippen LogP) is -1.45. The van der Waals surface area contributed by atoms with Gasteiger partial charge in [0.15, 0.2) is 0 Å². The fraction of sp³-hybridized carbons (Fsp3) is 0.800. The minimum absolute atomic E-state index is 0.0627. The first-order valence-corrected chi connectivity index (χ1v) is 2.87. The molecule has 5 heteroatoms. The molecule has 0 fully saturated rings. The SMILES string of the molecule is OCCC(O)C(O)/C=N/O. The van der Waals surface area contributed by atoms with E-state index in [2.05, 4.69) is 5.16 Å². The average molecular weight is 149 g/mol. The van der Waals surface area contributed by atoms with Crippen LogP contribution in [-0.2, 0) is 0 Å². The van der Waals surface area contributed by atoms with E-state index < -0.39 is 12.2 Å². The van der Waals surface area contributed by atoms with Crippen LogP contribution in [0.4, 0.5) is 0 Å². The Morgan fingerprint density at radius 3 is 2.40 bits per heavy atom. The van der Waals surface area contributed by atoms with E-state index in [0.29, 0.717) is 0 Å². The van der Waals surface area contributed by atoms with Crippen molar-refractivity contribution in [2.45, 2.75) is 18.6 Å². The first-order chi connectivity index (χ1) is 4.72. The summed E-state index contributed by atoms with van der Waals surface area (Å²) in [6, 6.07) is 0. The summed E-state index contributed by atoms with van der Waals surface area (Å²) in [6.07, 6.45) is -1.42. The Morgan fingerprint density at radius 1 is 1.40 bits per heavy atom. The summed E-state index contributed by atoms with van der Waals surface area (Å²) in [7, 11) is 0. The summed E-state index contributed by atoms with van der Waals surface area (Å²) in [5.41, 5.74) is 0. The maximum absolute atomic E-state index is 8.84. The molecule has 0 aromatic carbocycles. The molecule has 0 radical (unpaired) electrons. The number of rotatable bonds is 4. The summed E-state index contributed by atoms with van der Waals surface area (Å²) in [6.45, 7) is -0.211. The molecule has 0 aromatic rings. The van der Waals surface area contributed by atoms with E-state index in [9.17, 15) is 0 Å². The highest BCUT2D eigenvalue weighted by Gasteiger charge is 2.12. The Morgan fingerprint density at radius 2 is 2.00 bits per heavy atom. The van der Waals surface area contributed by atoms with Gasteiger partial charge in [0.05, 0.1) is 12.3 Å². The monoisotopic (exact) mass is 149 g/mol. The van der Waals surface area contributed by atoms with E-state index in [1.54, 1.807) is 0 Å². The maximum Gasteiger partial charge on any atom is 0.118 e. The lowest BCUT2D eigenvalue weighted by Gasteiger charge is -2.10. The summed E-state index contributed by atoms with van der Waals surface area (Å²) < 4.78 is 0. The van der Waals surface area contributed by atoms with Gasteiger partial charge in [-0.3, -0.25) is 0 Å². The van der Waals surface area contributed by atoms with E-state index in [1.807, 2.05) is 0 Å². The molecule has 10 heavy (non-hydrogen) atoms. The second-order valence-electron chi connectivity index (χ2n) is 1.83. The zero-order valence-corrected chi connectivity index (χ0v) is 5.38. The molecule has 5 nitrogen and oxygen atoms in total. The van der Waals surface area contributed by atoms with Crippen molar-refractivity contribution in [3.8, 4) is 0 Å². The van der Waals surface area contributed by atoms with Crippen LogP contribution in [-0.4, -0.2) is 45.6 Å². The smallest absolute Gasteiger partial charge is 0.118 e. The molecule has 0 aromatic heterocycles. The fourth-order valence-electron chi connectivity index (χ4n) is 0.471. The Hall–Kier alpha value is -0.650. The highest BCUT2D eigenvalue weighted by molar-refractivity contribution is 5.62. The summed E-state index contributed by atoms with van der Waals surface area (Å²) in [4.78, 5) is 0. The van der Waals surface area contributed by atoms with Crippen LogP contribution in [0.25, 0.3) is 0 Å². The molecular formula is C5H11NO4. The largest absolute Gasteiger partial charge is 0.411 e. The van der Waals surface area contributed by atoms with Crippen molar-refractivity contribution < 1.29 is 20.5 Å². The first kappa shape index (κ1) is 9.35. The standard InChI is InChI=1S/C5H11NO4/c7-2-1-4(8)5(9)3-6-10/h3-5,7-10H,1-2H2/b6-3+. The number of aliphatic hydroxyl groups excluding tert-OH is 3. The zero-order chi connectivity index (χ0) is 7.98. The minimum Gasteiger partial charge on any atom is -0.411 e. The van der Waals surface area contributed by atoms with Crippen molar-refractivity contribution in [3.05, 3.63) is 0 Å². The summed E-state index contributed by atoms with van der Waals surface area (Å²) in [5, 5.41) is 36.3. The summed E-state index contributed by atoms with van der Waals surface area (Å²) >= 11 is 0. The molecule has 2 unspecified atom stereocenters. The second kappa shape index (κ2) is 5.16. The van der Waals surface area contributed by atoms with Crippen molar-refractivity contribution in [2.24, 2.45) is 5.16 Å². The molecule has 0 aliphatic rings. The zero-order valence-electron chi connectivity index (χ0n) is 5.38. The lowest BCUT2D eigenvalue weighted by atomic mass is 10.2. The van der Waals surface area contributed by atoms with Gasteiger partial charge in [0.25, 0.3) is 0 Å². The van der Waals surface area contributed by atoms with E-state index in [1.165, 1.54) is 0 Å². The third-order valence-electron chi connectivity index (χ3n) is 1.04. The first-order valence-electron chi connectivity index (χ1n) is 2.87. The van der Waals surface area contributed by atoms with E-state index in [-0.39, 0.29) is 13.0 Å². The van der Waals surface area contributed by atoms with Crippen LogP contribution >= 0.6 is 0 Å². The lowest BCUT2D eigenvalue weighted by Crippen LogP contribution is -2.27. The van der Waals surface area contributed by atoms with Gasteiger partial charge in [-0.2, -0.15) is 0 Å². The van der Waals surface area contributed by atoms with Gasteiger partial charge in [0, 0.05) is 6.61 Å². The fourth-order valence-corrected chi connectivity index (χ4v) is 0.471. The van der Waals surface area contributed by atoms with Gasteiger partial charge in [-0.25, -0.2) is 0 Å². The van der Waals surface area contributed by atoms with Gasteiger partial charge in [-0.05, 0) is 6.42 Å². The Kier molecular flexibility index (Phi) is 4.82. The molecule has 0 saturated carbocycles. The van der Waals surface area contributed by atoms with Gasteiger partial charge in [0.1, 0.15) is 6.10 Å². The van der Waals surface area contributed by atoms with Crippen LogP contribution in [0.3, 0.4) is 0 Å². The van der Waals surface area contributed by atoms with Crippen molar-refractivity contribution in [1.29, 1.82) is 0 Å². The van der Waals surface area contributed by atoms with Crippen LogP contribution in [0.1, 0.15) is 6.42 Å². The quantitative estimate of drug-likeness (QED) is 0.223. The van der Waals surface area contributed by atoms with Crippen LogP contribution in [0.5, 0.6) is 0 Å². The third-order valence-corrected chi connectivity index (χ3v) is 1.04. The van der Waals surface area contributed by atoms with Crippen LogP contribution in [0.2, 0.25) is 0 Å². The number of aliphatic hydroxyl groups is 3. The van der Waals surface area contributed by atoms with Gasteiger partial charge in [-0.15, -0.1) is 0 Å². The third kappa shape index (κ3) is 3.39. The molecule has 0 saturated heterocycles. The number of nitrogens with zero attached hydrogens (tertiary/aromatic N) is 1. The molecule has 0 heterocycles. The molecular weight excluding hydrogens is 138 g/mol. The molecule has 0 aliphatic heterocycles. The van der Waals surface area contributed by atoms with Crippen molar-refractivity contribution in [2.75, 3.05) is 6.61 Å². The predicted molar refractivity (Wildman–Crippen MR) is 34.0 cm³/mol. The number of hydrogen-bond acceptors (Lipinski definition) is 5. The topological polar surface area (TPSA) is 93.3 Å². The molecule has 2 atom stereocenters.